The highest BCUT2D eigenvalue weighted by Gasteiger charge is 2.53. The number of rotatable bonds is 9. The third kappa shape index (κ3) is 4.94. The lowest BCUT2D eigenvalue weighted by Gasteiger charge is -2.53. The van der Waals surface area contributed by atoms with Gasteiger partial charge in [-0.05, 0) is 87.7 Å². The van der Waals surface area contributed by atoms with Crippen molar-refractivity contribution in [3.8, 4) is 17.4 Å². The van der Waals surface area contributed by atoms with Crippen molar-refractivity contribution in [3.63, 3.8) is 0 Å². The van der Waals surface area contributed by atoms with Crippen molar-refractivity contribution in [2.24, 2.45) is 11.3 Å². The van der Waals surface area contributed by atoms with Gasteiger partial charge in [0.2, 0.25) is 11.8 Å². The summed E-state index contributed by atoms with van der Waals surface area (Å²) < 4.78 is 16.7. The molecule has 2 heterocycles. The SMILES string of the molecule is COc1ncc(-c2cccc(N(CC34CCC(c5nc(C6CC6)no5)(CC3)CC4)C(=O)CC3CCCCC3)c2)o1. The average molecular weight is 545 g/mol. The van der Waals surface area contributed by atoms with Crippen molar-refractivity contribution in [3.05, 3.63) is 42.2 Å². The van der Waals surface area contributed by atoms with E-state index in [1.54, 1.807) is 13.3 Å². The summed E-state index contributed by atoms with van der Waals surface area (Å²) in [7, 11) is 1.55. The number of carbonyl (C=O) groups is 1. The van der Waals surface area contributed by atoms with Crippen molar-refractivity contribution < 1.29 is 18.5 Å². The summed E-state index contributed by atoms with van der Waals surface area (Å²) in [5.41, 5.74) is 1.98. The molecule has 0 atom stereocenters. The second kappa shape index (κ2) is 10.3. The fraction of sp³-hybridized carbons (Fsp3) is 0.625. The van der Waals surface area contributed by atoms with Crippen LogP contribution >= 0.6 is 0 Å². The van der Waals surface area contributed by atoms with Gasteiger partial charge in [0.25, 0.3) is 0 Å². The van der Waals surface area contributed by atoms with E-state index in [2.05, 4.69) is 27.2 Å². The molecule has 1 aromatic carbocycles. The summed E-state index contributed by atoms with van der Waals surface area (Å²) in [5, 5.41) is 4.33. The number of hydrogen-bond acceptors (Lipinski definition) is 7. The van der Waals surface area contributed by atoms with Crippen molar-refractivity contribution in [1.29, 1.82) is 0 Å². The largest absolute Gasteiger partial charge is 0.454 e. The molecule has 5 saturated carbocycles. The van der Waals surface area contributed by atoms with Gasteiger partial charge in [-0.2, -0.15) is 9.97 Å². The minimum atomic E-state index is 0.0179. The molecule has 8 rings (SSSR count). The second-order valence-electron chi connectivity index (χ2n) is 12.9. The number of methoxy groups -OCH3 is 1. The molecule has 2 bridgehead atoms. The topological polar surface area (TPSA) is 94.5 Å². The van der Waals surface area contributed by atoms with Gasteiger partial charge in [-0.3, -0.25) is 4.79 Å². The van der Waals surface area contributed by atoms with Gasteiger partial charge in [-0.25, -0.2) is 0 Å². The number of oxazole rings is 1. The quantitative estimate of drug-likeness (QED) is 0.281. The van der Waals surface area contributed by atoms with E-state index in [0.717, 1.165) is 80.9 Å². The summed E-state index contributed by atoms with van der Waals surface area (Å²) in [6.07, 6.45) is 17.5. The average Bonchev–Trinajstić information content (AvgIpc) is 3.51. The fourth-order valence-corrected chi connectivity index (χ4v) is 7.50. The smallest absolute Gasteiger partial charge is 0.393 e. The number of anilines is 1. The molecule has 0 radical (unpaired) electrons. The van der Waals surface area contributed by atoms with E-state index in [0.29, 0.717) is 24.0 Å². The Labute approximate surface area is 235 Å². The number of ether oxygens (including phenoxy) is 1. The van der Waals surface area contributed by atoms with E-state index < -0.39 is 0 Å². The minimum Gasteiger partial charge on any atom is -0.454 e. The lowest BCUT2D eigenvalue weighted by Crippen LogP contribution is -2.51. The highest BCUT2D eigenvalue weighted by atomic mass is 16.6. The van der Waals surface area contributed by atoms with Gasteiger partial charge >= 0.3 is 6.08 Å². The van der Waals surface area contributed by atoms with E-state index >= 15 is 0 Å². The number of benzene rings is 1. The molecule has 8 nitrogen and oxygen atoms in total. The molecule has 0 saturated heterocycles. The molecule has 0 N–H and O–H groups in total. The van der Waals surface area contributed by atoms with Crippen molar-refractivity contribution >= 4 is 11.6 Å². The highest BCUT2D eigenvalue weighted by molar-refractivity contribution is 5.94. The Bertz CT molecular complexity index is 1330. The van der Waals surface area contributed by atoms with Crippen LogP contribution in [-0.4, -0.2) is 34.7 Å². The molecule has 0 aliphatic heterocycles. The number of aromatic nitrogens is 3. The summed E-state index contributed by atoms with van der Waals surface area (Å²) in [6.45, 7) is 0.759. The predicted molar refractivity (Wildman–Crippen MR) is 150 cm³/mol. The van der Waals surface area contributed by atoms with Gasteiger partial charge in [0.1, 0.15) is 0 Å². The van der Waals surface area contributed by atoms with E-state index in [1.165, 1.54) is 32.1 Å². The first-order chi connectivity index (χ1) is 19.5. The van der Waals surface area contributed by atoms with Crippen LogP contribution in [0, 0.1) is 11.3 Å². The molecular formula is C32H40N4O4. The zero-order valence-corrected chi connectivity index (χ0v) is 23.6. The van der Waals surface area contributed by atoms with Crippen LogP contribution in [0.15, 0.2) is 39.4 Å². The monoisotopic (exact) mass is 544 g/mol. The number of amides is 1. The lowest BCUT2D eigenvalue weighted by atomic mass is 9.53. The molecule has 5 aliphatic rings. The number of carbonyl (C=O) groups excluding carboxylic acids is 1. The maximum atomic E-state index is 14.0. The van der Waals surface area contributed by atoms with Crippen LogP contribution in [0.25, 0.3) is 11.3 Å². The summed E-state index contributed by atoms with van der Waals surface area (Å²) in [4.78, 5) is 25.2. The zero-order chi connectivity index (χ0) is 27.2. The highest BCUT2D eigenvalue weighted by Crippen LogP contribution is 2.58. The summed E-state index contributed by atoms with van der Waals surface area (Å²) in [6, 6.07) is 8.16. The van der Waals surface area contributed by atoms with Gasteiger partial charge in [-0.15, -0.1) is 0 Å². The van der Waals surface area contributed by atoms with Crippen LogP contribution in [0.3, 0.4) is 0 Å². The molecule has 5 fully saturated rings. The molecule has 8 heteroatoms. The third-order valence-corrected chi connectivity index (χ3v) is 10.3. The van der Waals surface area contributed by atoms with Crippen LogP contribution in [0.4, 0.5) is 5.69 Å². The number of nitrogens with zero attached hydrogens (tertiary/aromatic N) is 4. The van der Waals surface area contributed by atoms with Gasteiger partial charge in [0, 0.05) is 35.5 Å². The van der Waals surface area contributed by atoms with Gasteiger partial charge < -0.3 is 18.6 Å². The number of fused-ring (bicyclic) bond motifs is 3. The Hall–Kier alpha value is -3.16. The Kier molecular flexibility index (Phi) is 6.67. The van der Waals surface area contributed by atoms with Crippen LogP contribution < -0.4 is 9.64 Å². The third-order valence-electron chi connectivity index (χ3n) is 10.3. The van der Waals surface area contributed by atoms with Crippen LogP contribution in [-0.2, 0) is 10.2 Å². The summed E-state index contributed by atoms with van der Waals surface area (Å²) >= 11 is 0. The Morgan fingerprint density at radius 2 is 1.82 bits per heavy atom. The predicted octanol–water partition coefficient (Wildman–Crippen LogP) is 7.21. The molecule has 0 unspecified atom stereocenters. The molecule has 40 heavy (non-hydrogen) atoms. The normalized spacial score (nSPS) is 26.6. The maximum Gasteiger partial charge on any atom is 0.393 e. The van der Waals surface area contributed by atoms with Crippen molar-refractivity contribution in [1.82, 2.24) is 15.1 Å². The zero-order valence-electron chi connectivity index (χ0n) is 23.6. The molecular weight excluding hydrogens is 504 g/mol. The van der Waals surface area contributed by atoms with Crippen molar-refractivity contribution in [2.45, 2.75) is 101 Å². The van der Waals surface area contributed by atoms with Gasteiger partial charge in [-0.1, -0.05) is 36.6 Å². The first kappa shape index (κ1) is 25.8. The second-order valence-corrected chi connectivity index (χ2v) is 12.9. The molecule has 1 amide bonds. The van der Waals surface area contributed by atoms with Crippen LogP contribution in [0.1, 0.15) is 108 Å². The molecule has 3 aromatic rings. The van der Waals surface area contributed by atoms with E-state index in [9.17, 15) is 4.79 Å². The maximum absolute atomic E-state index is 14.0. The number of hydrogen-bond donors (Lipinski definition) is 0. The Morgan fingerprint density at radius 1 is 1.05 bits per heavy atom. The van der Waals surface area contributed by atoms with E-state index in [1.807, 2.05) is 12.1 Å². The van der Waals surface area contributed by atoms with Crippen LogP contribution in [0.5, 0.6) is 6.08 Å². The molecule has 5 aliphatic carbocycles. The van der Waals surface area contributed by atoms with Gasteiger partial charge in [0.15, 0.2) is 11.6 Å². The fourth-order valence-electron chi connectivity index (χ4n) is 7.50. The Balaban J connectivity index is 1.13. The van der Waals surface area contributed by atoms with E-state index in [4.69, 9.17) is 18.7 Å². The molecule has 2 aromatic heterocycles. The molecule has 212 valence electrons. The lowest BCUT2D eigenvalue weighted by molar-refractivity contribution is -0.120. The first-order valence-corrected chi connectivity index (χ1v) is 15.3. The van der Waals surface area contributed by atoms with Crippen molar-refractivity contribution in [2.75, 3.05) is 18.6 Å². The first-order valence-electron chi connectivity index (χ1n) is 15.3. The van der Waals surface area contributed by atoms with Crippen LogP contribution in [0.2, 0.25) is 0 Å². The van der Waals surface area contributed by atoms with Gasteiger partial charge in [0.05, 0.1) is 13.3 Å². The minimum absolute atomic E-state index is 0.0179. The summed E-state index contributed by atoms with van der Waals surface area (Å²) in [5.74, 6) is 3.67. The Morgan fingerprint density at radius 3 is 2.52 bits per heavy atom. The standard InChI is InChI=1S/C32H40N4O4/c1-38-30-33-20-26(39-30)24-8-5-9-25(19-24)36(27(37)18-22-6-3-2-4-7-22)21-31-12-15-32(16-13-31,17-14-31)29-34-28(35-40-29)23-10-11-23/h5,8-9,19-20,22-23H,2-4,6-7,10-18,21H2,1H3. The van der Waals surface area contributed by atoms with E-state index in [-0.39, 0.29) is 22.8 Å². The molecule has 0 spiro atoms.